The van der Waals surface area contributed by atoms with Gasteiger partial charge in [0.1, 0.15) is 5.75 Å². The second-order valence-corrected chi connectivity index (χ2v) is 6.88. The Balaban J connectivity index is 1.56. The predicted molar refractivity (Wildman–Crippen MR) is 109 cm³/mol. The number of rotatable bonds is 6. The highest BCUT2D eigenvalue weighted by Crippen LogP contribution is 2.33. The summed E-state index contributed by atoms with van der Waals surface area (Å²) in [5, 5.41) is 3.52. The summed E-state index contributed by atoms with van der Waals surface area (Å²) in [7, 11) is 5.56. The van der Waals surface area contributed by atoms with Gasteiger partial charge in [0.25, 0.3) is 0 Å². The van der Waals surface area contributed by atoms with Crippen LogP contribution in [0.25, 0.3) is 0 Å². The molecule has 2 aromatic rings. The quantitative estimate of drug-likeness (QED) is 0.627. The Morgan fingerprint density at radius 1 is 1.19 bits per heavy atom. The molecule has 1 aliphatic heterocycles. The fourth-order valence-corrected chi connectivity index (χ4v) is 3.54. The van der Waals surface area contributed by atoms with Crippen molar-refractivity contribution in [1.82, 2.24) is 10.2 Å². The van der Waals surface area contributed by atoms with Crippen molar-refractivity contribution in [1.29, 1.82) is 0 Å². The van der Waals surface area contributed by atoms with Gasteiger partial charge in [0, 0.05) is 39.7 Å². The van der Waals surface area contributed by atoms with E-state index in [1.54, 1.807) is 7.11 Å². The first kappa shape index (κ1) is 19.2. The van der Waals surface area contributed by atoms with Gasteiger partial charge in [-0.3, -0.25) is 4.99 Å². The molecule has 2 unspecified atom stereocenters. The van der Waals surface area contributed by atoms with E-state index >= 15 is 0 Å². The average molecular weight is 367 g/mol. The van der Waals surface area contributed by atoms with E-state index in [0.717, 1.165) is 37.8 Å². The van der Waals surface area contributed by atoms with E-state index < -0.39 is 0 Å². The molecule has 1 N–H and O–H groups in total. The number of hydrogen-bond acceptors (Lipinski definition) is 3. The molecule has 1 fully saturated rings. The fourth-order valence-electron chi connectivity index (χ4n) is 3.54. The van der Waals surface area contributed by atoms with Crippen LogP contribution in [0.1, 0.15) is 23.7 Å². The van der Waals surface area contributed by atoms with Crippen LogP contribution in [0.4, 0.5) is 0 Å². The fraction of sp³-hybridized carbons (Fsp3) is 0.409. The van der Waals surface area contributed by atoms with E-state index in [1.807, 2.05) is 25.2 Å². The summed E-state index contributed by atoms with van der Waals surface area (Å²) < 4.78 is 11.2. The number of aliphatic imine (C=N–C) groups is 1. The van der Waals surface area contributed by atoms with Crippen LogP contribution in [0.15, 0.2) is 59.6 Å². The lowest BCUT2D eigenvalue weighted by atomic mass is 9.95. The number of benzene rings is 2. The smallest absolute Gasteiger partial charge is 0.193 e. The van der Waals surface area contributed by atoms with Crippen molar-refractivity contribution in [3.8, 4) is 5.75 Å². The molecule has 0 amide bonds. The first-order chi connectivity index (χ1) is 13.2. The van der Waals surface area contributed by atoms with Gasteiger partial charge in [-0.1, -0.05) is 42.5 Å². The maximum Gasteiger partial charge on any atom is 0.193 e. The van der Waals surface area contributed by atoms with Gasteiger partial charge in [-0.2, -0.15) is 0 Å². The molecule has 0 radical (unpaired) electrons. The molecule has 1 aliphatic rings. The summed E-state index contributed by atoms with van der Waals surface area (Å²) >= 11 is 0. The van der Waals surface area contributed by atoms with E-state index in [9.17, 15) is 0 Å². The maximum absolute atomic E-state index is 5.99. The van der Waals surface area contributed by atoms with Crippen LogP contribution in [0.2, 0.25) is 0 Å². The number of ether oxygens (including phenoxy) is 2. The molecule has 144 valence electrons. The van der Waals surface area contributed by atoms with Gasteiger partial charge in [0.15, 0.2) is 5.96 Å². The van der Waals surface area contributed by atoms with Crippen LogP contribution in [0.3, 0.4) is 0 Å². The molecular weight excluding hydrogens is 338 g/mol. The molecule has 1 saturated heterocycles. The predicted octanol–water partition coefficient (Wildman–Crippen LogP) is 3.48. The minimum Gasteiger partial charge on any atom is -0.497 e. The molecule has 5 nitrogen and oxygen atoms in total. The van der Waals surface area contributed by atoms with Crippen molar-refractivity contribution < 1.29 is 9.47 Å². The standard InChI is InChI=1S/C22H29N3O2/c1-23-22(25(2)16-17-9-11-20(26-3)12-10-17)24-15-19-13-14-27-21(19)18-7-5-4-6-8-18/h4-12,19,21H,13-16H2,1-3H3,(H,23,24). The third kappa shape index (κ3) is 5.01. The van der Waals surface area contributed by atoms with E-state index in [4.69, 9.17) is 9.47 Å². The van der Waals surface area contributed by atoms with Gasteiger partial charge in [-0.15, -0.1) is 0 Å². The van der Waals surface area contributed by atoms with Crippen molar-refractivity contribution in [2.24, 2.45) is 10.9 Å². The first-order valence-electron chi connectivity index (χ1n) is 9.42. The Hall–Kier alpha value is -2.53. The molecule has 27 heavy (non-hydrogen) atoms. The number of guanidine groups is 1. The summed E-state index contributed by atoms with van der Waals surface area (Å²) in [5.74, 6) is 2.21. The number of nitrogens with zero attached hydrogens (tertiary/aromatic N) is 2. The second kappa shape index (κ2) is 9.42. The van der Waals surface area contributed by atoms with Crippen molar-refractivity contribution in [2.75, 3.05) is 34.4 Å². The van der Waals surface area contributed by atoms with E-state index in [0.29, 0.717) is 5.92 Å². The molecule has 2 aromatic carbocycles. The molecule has 0 bridgehead atoms. The highest BCUT2D eigenvalue weighted by Gasteiger charge is 2.29. The van der Waals surface area contributed by atoms with Gasteiger partial charge in [0.05, 0.1) is 13.2 Å². The van der Waals surface area contributed by atoms with E-state index in [-0.39, 0.29) is 6.10 Å². The van der Waals surface area contributed by atoms with Crippen LogP contribution in [-0.2, 0) is 11.3 Å². The molecule has 0 saturated carbocycles. The summed E-state index contributed by atoms with van der Waals surface area (Å²) in [4.78, 5) is 6.58. The summed E-state index contributed by atoms with van der Waals surface area (Å²) in [6.07, 6.45) is 1.22. The summed E-state index contributed by atoms with van der Waals surface area (Å²) in [6, 6.07) is 18.6. The largest absolute Gasteiger partial charge is 0.497 e. The van der Waals surface area contributed by atoms with Gasteiger partial charge < -0.3 is 19.7 Å². The Morgan fingerprint density at radius 3 is 2.59 bits per heavy atom. The highest BCUT2D eigenvalue weighted by atomic mass is 16.5. The van der Waals surface area contributed by atoms with Crippen LogP contribution in [0.5, 0.6) is 5.75 Å². The normalized spacial score (nSPS) is 19.7. The third-order valence-corrected chi connectivity index (χ3v) is 5.02. The Kier molecular flexibility index (Phi) is 6.71. The third-order valence-electron chi connectivity index (χ3n) is 5.02. The number of nitrogens with one attached hydrogen (secondary N) is 1. The summed E-state index contributed by atoms with van der Waals surface area (Å²) in [6.45, 7) is 2.44. The maximum atomic E-state index is 5.99. The lowest BCUT2D eigenvalue weighted by Crippen LogP contribution is -2.41. The molecule has 0 aliphatic carbocycles. The molecule has 1 heterocycles. The molecule has 3 rings (SSSR count). The topological polar surface area (TPSA) is 46.1 Å². The van der Waals surface area contributed by atoms with Crippen molar-refractivity contribution in [2.45, 2.75) is 19.1 Å². The zero-order valence-electron chi connectivity index (χ0n) is 16.4. The van der Waals surface area contributed by atoms with Crippen LogP contribution >= 0.6 is 0 Å². The van der Waals surface area contributed by atoms with Gasteiger partial charge in [0.2, 0.25) is 0 Å². The second-order valence-electron chi connectivity index (χ2n) is 6.88. The zero-order chi connectivity index (χ0) is 19.1. The number of methoxy groups -OCH3 is 1. The molecule has 0 spiro atoms. The van der Waals surface area contributed by atoms with Crippen LogP contribution < -0.4 is 10.1 Å². The van der Waals surface area contributed by atoms with E-state index in [1.165, 1.54) is 11.1 Å². The van der Waals surface area contributed by atoms with Crippen molar-refractivity contribution in [3.63, 3.8) is 0 Å². The monoisotopic (exact) mass is 367 g/mol. The van der Waals surface area contributed by atoms with Crippen LogP contribution in [0, 0.1) is 5.92 Å². The molecule has 5 heteroatoms. The SMILES string of the molecule is CN=C(NCC1CCOC1c1ccccc1)N(C)Cc1ccc(OC)cc1. The average Bonchev–Trinajstić information content (AvgIpc) is 3.18. The molecule has 0 aromatic heterocycles. The number of hydrogen-bond donors (Lipinski definition) is 1. The lowest BCUT2D eigenvalue weighted by Gasteiger charge is -2.25. The molecule has 2 atom stereocenters. The Morgan fingerprint density at radius 2 is 1.93 bits per heavy atom. The highest BCUT2D eigenvalue weighted by molar-refractivity contribution is 5.79. The van der Waals surface area contributed by atoms with E-state index in [2.05, 4.69) is 58.7 Å². The van der Waals surface area contributed by atoms with Gasteiger partial charge in [-0.05, 0) is 29.7 Å². The van der Waals surface area contributed by atoms with Crippen molar-refractivity contribution >= 4 is 5.96 Å². The summed E-state index contributed by atoms with van der Waals surface area (Å²) in [5.41, 5.74) is 2.47. The first-order valence-corrected chi connectivity index (χ1v) is 9.42. The van der Waals surface area contributed by atoms with Crippen molar-refractivity contribution in [3.05, 3.63) is 65.7 Å². The minimum atomic E-state index is 0.156. The minimum absolute atomic E-state index is 0.156. The van der Waals surface area contributed by atoms with Crippen LogP contribution in [-0.4, -0.2) is 45.2 Å². The van der Waals surface area contributed by atoms with Gasteiger partial charge >= 0.3 is 0 Å². The Bertz CT molecular complexity index is 731. The lowest BCUT2D eigenvalue weighted by molar-refractivity contribution is 0.0914. The zero-order valence-corrected chi connectivity index (χ0v) is 16.4. The Labute approximate surface area is 162 Å². The van der Waals surface area contributed by atoms with Gasteiger partial charge in [-0.25, -0.2) is 0 Å². The molecular formula is C22H29N3O2.